The van der Waals surface area contributed by atoms with Gasteiger partial charge in [-0.15, -0.1) is 0 Å². The first-order chi connectivity index (χ1) is 9.49. The van der Waals surface area contributed by atoms with Gasteiger partial charge in [-0.1, -0.05) is 0 Å². The smallest absolute Gasteiger partial charge is 0.267 e. The van der Waals surface area contributed by atoms with Gasteiger partial charge in [0.2, 0.25) is 0 Å². The number of sulfone groups is 1. The fourth-order valence-corrected chi connectivity index (χ4v) is 3.54. The summed E-state index contributed by atoms with van der Waals surface area (Å²) in [7, 11) is -8.20. The van der Waals surface area contributed by atoms with Crippen molar-refractivity contribution in [2.24, 2.45) is 0 Å². The summed E-state index contributed by atoms with van der Waals surface area (Å²) in [6, 6.07) is 2.47. The third-order valence-electron chi connectivity index (χ3n) is 2.96. The Hall–Kier alpha value is -1.36. The highest BCUT2D eigenvalue weighted by molar-refractivity contribution is 7.91. The van der Waals surface area contributed by atoms with E-state index in [1.54, 1.807) is 0 Å². The van der Waals surface area contributed by atoms with Crippen molar-refractivity contribution in [2.45, 2.75) is 23.5 Å². The maximum absolute atomic E-state index is 12.1. The normalized spacial score (nSPS) is 14.0. The van der Waals surface area contributed by atoms with Crippen LogP contribution in [0, 0.1) is 0 Å². The molecule has 1 aromatic rings. The van der Waals surface area contributed by atoms with Crippen LogP contribution in [0.4, 0.5) is 11.4 Å². The molecule has 0 saturated carbocycles. The molecule has 0 radical (unpaired) electrons. The third-order valence-corrected chi connectivity index (χ3v) is 5.90. The maximum atomic E-state index is 12.1. The van der Waals surface area contributed by atoms with Gasteiger partial charge in [0, 0.05) is 11.4 Å². The minimum Gasteiger partial charge on any atom is -0.399 e. The van der Waals surface area contributed by atoms with Crippen LogP contribution in [0.25, 0.3) is 0 Å². The predicted molar refractivity (Wildman–Crippen MR) is 79.1 cm³/mol. The van der Waals surface area contributed by atoms with Crippen LogP contribution in [0.3, 0.4) is 0 Å². The molecule has 0 bridgehead atoms. The Morgan fingerprint density at radius 3 is 2.24 bits per heavy atom. The van der Waals surface area contributed by atoms with Crippen molar-refractivity contribution >= 4 is 31.3 Å². The number of nitrogen functional groups attached to an aromatic ring is 2. The summed E-state index contributed by atoms with van der Waals surface area (Å²) in [5.74, 6) is -0.539. The van der Waals surface area contributed by atoms with E-state index in [4.69, 9.17) is 21.1 Å². The van der Waals surface area contributed by atoms with Gasteiger partial charge >= 0.3 is 0 Å². The van der Waals surface area contributed by atoms with E-state index in [1.807, 2.05) is 0 Å². The van der Waals surface area contributed by atoms with E-state index in [0.29, 0.717) is 0 Å². The van der Waals surface area contributed by atoms with Crippen molar-refractivity contribution in [3.8, 4) is 0 Å². The molecule has 1 rings (SSSR count). The summed E-state index contributed by atoms with van der Waals surface area (Å²) >= 11 is 0. The van der Waals surface area contributed by atoms with Crippen LogP contribution in [0.1, 0.15) is 12.5 Å². The molecular weight excluding hydrogens is 320 g/mol. The van der Waals surface area contributed by atoms with Crippen molar-refractivity contribution in [3.63, 3.8) is 0 Å². The summed E-state index contributed by atoms with van der Waals surface area (Å²) in [4.78, 5) is -0.232. The van der Waals surface area contributed by atoms with E-state index in [0.717, 1.165) is 6.07 Å². The quantitative estimate of drug-likeness (QED) is 0.396. The highest BCUT2D eigenvalue weighted by Crippen LogP contribution is 2.28. The van der Waals surface area contributed by atoms with Gasteiger partial charge in [-0.25, -0.2) is 8.42 Å². The zero-order chi connectivity index (χ0) is 16.4. The van der Waals surface area contributed by atoms with Crippen LogP contribution in [-0.4, -0.2) is 44.1 Å². The zero-order valence-electron chi connectivity index (χ0n) is 11.4. The number of hydrogen-bond acceptors (Lipinski definition) is 7. The Morgan fingerprint density at radius 2 is 1.76 bits per heavy atom. The molecule has 0 saturated heterocycles. The Bertz CT molecular complexity index is 727. The fraction of sp³-hybridized carbons (Fsp3) is 0.455. The lowest BCUT2D eigenvalue weighted by atomic mass is 10.1. The Labute approximate surface area is 123 Å². The molecule has 0 aromatic heterocycles. The van der Waals surface area contributed by atoms with Crippen LogP contribution in [0.15, 0.2) is 17.0 Å². The van der Waals surface area contributed by atoms with Crippen LogP contribution in [0.2, 0.25) is 0 Å². The molecule has 0 heterocycles. The van der Waals surface area contributed by atoms with E-state index in [9.17, 15) is 16.8 Å². The van der Waals surface area contributed by atoms with Crippen LogP contribution in [-0.2, 0) is 26.4 Å². The van der Waals surface area contributed by atoms with Crippen molar-refractivity contribution in [3.05, 3.63) is 17.7 Å². The number of anilines is 2. The molecule has 1 aromatic carbocycles. The van der Waals surface area contributed by atoms with Gasteiger partial charge in [-0.2, -0.15) is 8.42 Å². The molecule has 120 valence electrons. The average molecular weight is 338 g/mol. The number of hydrogen-bond donors (Lipinski definition) is 4. The molecule has 0 aliphatic rings. The molecule has 0 amide bonds. The van der Waals surface area contributed by atoms with E-state index in [2.05, 4.69) is 0 Å². The van der Waals surface area contributed by atoms with Crippen molar-refractivity contribution in [1.82, 2.24) is 0 Å². The molecule has 0 fully saturated rings. The Balaban J connectivity index is 3.45. The summed E-state index contributed by atoms with van der Waals surface area (Å²) < 4.78 is 55.4. The molecule has 8 nitrogen and oxygen atoms in total. The molecular formula is C11H18N2O6S2. The standard InChI is InChI=1S/C11H18N2O6S2/c1-7(21(17,18)19)4-9-10(13)5-8(12)6-11(9)20(15,16)3-2-14/h5-7,14H,2-4,12-13H2,1H3,(H,17,18,19). The van der Waals surface area contributed by atoms with E-state index in [-0.39, 0.29) is 28.3 Å². The van der Waals surface area contributed by atoms with Gasteiger partial charge in [0.15, 0.2) is 9.84 Å². The monoisotopic (exact) mass is 338 g/mol. The SMILES string of the molecule is CC(Cc1c(N)cc(N)cc1S(=O)(=O)CCO)S(=O)(=O)O. The lowest BCUT2D eigenvalue weighted by Crippen LogP contribution is -2.22. The van der Waals surface area contributed by atoms with Crippen molar-refractivity contribution in [2.75, 3.05) is 23.8 Å². The largest absolute Gasteiger partial charge is 0.399 e. The topological polar surface area (TPSA) is 161 Å². The highest BCUT2D eigenvalue weighted by atomic mass is 32.2. The van der Waals surface area contributed by atoms with Gasteiger partial charge in [0.05, 0.1) is 22.5 Å². The lowest BCUT2D eigenvalue weighted by Gasteiger charge is -2.16. The first-order valence-electron chi connectivity index (χ1n) is 5.97. The second-order valence-electron chi connectivity index (χ2n) is 4.66. The third kappa shape index (κ3) is 4.30. The molecule has 10 heteroatoms. The number of nitrogens with two attached hydrogens (primary N) is 2. The Morgan fingerprint density at radius 1 is 1.19 bits per heavy atom. The molecule has 1 atom stereocenters. The Kier molecular flexibility index (Phi) is 5.20. The minimum absolute atomic E-state index is 0.0158. The second kappa shape index (κ2) is 6.18. The minimum atomic E-state index is -4.33. The first kappa shape index (κ1) is 17.7. The summed E-state index contributed by atoms with van der Waals surface area (Å²) in [6.07, 6.45) is -0.287. The van der Waals surface area contributed by atoms with Crippen LogP contribution >= 0.6 is 0 Å². The predicted octanol–water partition coefficient (Wildman–Crippen LogP) is -0.564. The molecule has 6 N–H and O–H groups in total. The number of aliphatic hydroxyl groups is 1. The van der Waals surface area contributed by atoms with E-state index >= 15 is 0 Å². The maximum Gasteiger partial charge on any atom is 0.267 e. The molecule has 0 spiro atoms. The van der Waals surface area contributed by atoms with Crippen molar-refractivity contribution in [1.29, 1.82) is 0 Å². The number of rotatable bonds is 6. The molecule has 1 unspecified atom stereocenters. The van der Waals surface area contributed by atoms with Gasteiger partial charge in [-0.05, 0) is 31.0 Å². The molecule has 0 aliphatic carbocycles. The summed E-state index contributed by atoms with van der Waals surface area (Å²) in [5, 5.41) is 7.60. The van der Waals surface area contributed by atoms with E-state index in [1.165, 1.54) is 13.0 Å². The highest BCUT2D eigenvalue weighted by Gasteiger charge is 2.26. The average Bonchev–Trinajstić information content (AvgIpc) is 2.30. The van der Waals surface area contributed by atoms with Crippen LogP contribution in [0.5, 0.6) is 0 Å². The zero-order valence-corrected chi connectivity index (χ0v) is 13.0. The number of aliphatic hydroxyl groups excluding tert-OH is 1. The van der Waals surface area contributed by atoms with Crippen LogP contribution < -0.4 is 11.5 Å². The summed E-state index contributed by atoms with van der Waals surface area (Å²) in [6.45, 7) is 0.637. The van der Waals surface area contributed by atoms with Gasteiger partial charge in [-0.3, -0.25) is 4.55 Å². The van der Waals surface area contributed by atoms with Gasteiger partial charge < -0.3 is 16.6 Å². The van der Waals surface area contributed by atoms with E-state index < -0.39 is 37.6 Å². The molecule has 0 aliphatic heterocycles. The fourth-order valence-electron chi connectivity index (χ4n) is 1.81. The lowest BCUT2D eigenvalue weighted by molar-refractivity contribution is 0.319. The van der Waals surface area contributed by atoms with Gasteiger partial charge in [0.25, 0.3) is 10.1 Å². The summed E-state index contributed by atoms with van der Waals surface area (Å²) in [5.41, 5.74) is 11.5. The second-order valence-corrected chi connectivity index (χ2v) is 8.57. The van der Waals surface area contributed by atoms with Gasteiger partial charge in [0.1, 0.15) is 0 Å². The number of benzene rings is 1. The first-order valence-corrected chi connectivity index (χ1v) is 9.12. The van der Waals surface area contributed by atoms with Crippen molar-refractivity contribution < 1.29 is 26.5 Å². The molecule has 21 heavy (non-hydrogen) atoms.